The predicted molar refractivity (Wildman–Crippen MR) is 21.0 cm³/mol. The second-order valence-corrected chi connectivity index (χ2v) is 0.289. The summed E-state index contributed by atoms with van der Waals surface area (Å²) in [4.78, 5) is 0. The molecule has 0 spiro atoms. The first-order valence-corrected chi connectivity index (χ1v) is 1.07. The van der Waals surface area contributed by atoms with Gasteiger partial charge in [0.15, 0.2) is 0 Å². The first kappa shape index (κ1) is 17.2. The van der Waals surface area contributed by atoms with Gasteiger partial charge in [0.05, 0.1) is 0 Å². The molecule has 0 rings (SSSR count). The molecule has 0 aliphatic rings. The molecule has 0 aliphatic heterocycles. The Labute approximate surface area is 48.4 Å². The Morgan fingerprint density at radius 2 is 1.50 bits per heavy atom. The maximum atomic E-state index is 5.00. The Bertz CT molecular complexity index is 22.8. The molecular weight excluding hydrogens is 119 g/mol. The quantitative estimate of drug-likeness (QED) is 0.281. The van der Waals surface area contributed by atoms with Gasteiger partial charge >= 0.3 is 0 Å². The van der Waals surface area contributed by atoms with E-state index < -0.39 is 0 Å². The van der Waals surface area contributed by atoms with Gasteiger partial charge in [-0.3, -0.25) is 0 Å². The van der Waals surface area contributed by atoms with Crippen LogP contribution >= 0.6 is 0 Å². The van der Waals surface area contributed by atoms with Gasteiger partial charge in [0, 0.05) is 17.1 Å². The standard InChI is InChI=1S/C3H5.Mn.H2N2/c1-3-2;;1-2/h3H,1-2H2;;1-2H/q-1;;. The minimum Gasteiger partial charge on any atom is -0.245 e. The minimum absolute atomic E-state index is 0. The van der Waals surface area contributed by atoms with E-state index in [1.807, 2.05) is 0 Å². The van der Waals surface area contributed by atoms with E-state index in [-0.39, 0.29) is 17.1 Å². The van der Waals surface area contributed by atoms with Gasteiger partial charge in [-0.05, 0) is 0 Å². The molecule has 2 N–H and O–H groups in total. The van der Waals surface area contributed by atoms with Crippen LogP contribution in [0.2, 0.25) is 0 Å². The van der Waals surface area contributed by atoms with Crippen LogP contribution in [0.5, 0.6) is 0 Å². The smallest absolute Gasteiger partial charge is 0 e. The van der Waals surface area contributed by atoms with Crippen molar-refractivity contribution in [2.24, 2.45) is 0 Å². The van der Waals surface area contributed by atoms with E-state index in [9.17, 15) is 0 Å². The van der Waals surface area contributed by atoms with E-state index in [4.69, 9.17) is 11.1 Å². The third kappa shape index (κ3) is 380. The Hall–Kier alpha value is -0.271. The molecule has 37 valence electrons. The summed E-state index contributed by atoms with van der Waals surface area (Å²) in [5.41, 5.74) is 10.0. The van der Waals surface area contributed by atoms with Crippen molar-refractivity contribution in [1.29, 1.82) is 11.1 Å². The number of hydrogen-bond donors (Lipinski definition) is 2. The molecule has 0 saturated heterocycles. The molecule has 0 aromatic heterocycles. The van der Waals surface area contributed by atoms with Crippen LogP contribution in [0.1, 0.15) is 0 Å². The molecule has 0 saturated carbocycles. The van der Waals surface area contributed by atoms with Crippen molar-refractivity contribution in [2.75, 3.05) is 0 Å². The van der Waals surface area contributed by atoms with Crippen molar-refractivity contribution in [1.82, 2.24) is 0 Å². The summed E-state index contributed by atoms with van der Waals surface area (Å²) in [6.07, 6.45) is 1.50. The molecule has 0 unspecified atom stereocenters. The van der Waals surface area contributed by atoms with E-state index in [0.29, 0.717) is 0 Å². The van der Waals surface area contributed by atoms with Crippen LogP contribution in [0.15, 0.2) is 12.7 Å². The molecule has 0 fully saturated rings. The van der Waals surface area contributed by atoms with Gasteiger partial charge < -0.3 is 0 Å². The zero-order chi connectivity index (χ0) is 4.71. The number of rotatable bonds is 0. The zero-order valence-corrected chi connectivity index (χ0v) is 4.55. The molecule has 0 atom stereocenters. The summed E-state index contributed by atoms with van der Waals surface area (Å²) in [5, 5.41) is 0. The van der Waals surface area contributed by atoms with Crippen LogP contribution < -0.4 is 0 Å². The second kappa shape index (κ2) is 124. The molecule has 0 heterocycles. The first-order valence-electron chi connectivity index (χ1n) is 1.07. The van der Waals surface area contributed by atoms with Crippen molar-refractivity contribution < 1.29 is 17.1 Å². The molecule has 0 aliphatic carbocycles. The van der Waals surface area contributed by atoms with E-state index in [0.717, 1.165) is 0 Å². The van der Waals surface area contributed by atoms with Crippen molar-refractivity contribution in [3.05, 3.63) is 19.6 Å². The van der Waals surface area contributed by atoms with Gasteiger partial charge in [0.25, 0.3) is 0 Å². The molecule has 0 aromatic rings. The van der Waals surface area contributed by atoms with Gasteiger partial charge in [0.1, 0.15) is 0 Å². The fourth-order valence-electron chi connectivity index (χ4n) is 0. The number of hydrogen-bond acceptors (Lipinski definition) is 2. The van der Waals surface area contributed by atoms with Gasteiger partial charge in [-0.15, -0.1) is 0 Å². The number of allylic oxidation sites excluding steroid dienone is 1. The van der Waals surface area contributed by atoms with Crippen LogP contribution in [0.25, 0.3) is 0 Å². The SMILES string of the molecule is C=C[CH2-].N=N.[Mn]. The molecule has 2 nitrogen and oxygen atoms in total. The van der Waals surface area contributed by atoms with Crippen molar-refractivity contribution in [2.45, 2.75) is 0 Å². The van der Waals surface area contributed by atoms with Crippen molar-refractivity contribution in [3.63, 3.8) is 0 Å². The van der Waals surface area contributed by atoms with Gasteiger partial charge in [-0.1, -0.05) is 0 Å². The summed E-state index contributed by atoms with van der Waals surface area (Å²) in [5.74, 6) is 0. The molecule has 0 aromatic carbocycles. The van der Waals surface area contributed by atoms with E-state index in [1.165, 1.54) is 6.08 Å². The zero-order valence-electron chi connectivity index (χ0n) is 3.37. The van der Waals surface area contributed by atoms with E-state index in [2.05, 4.69) is 13.5 Å². The summed E-state index contributed by atoms with van der Waals surface area (Å²) >= 11 is 0. The van der Waals surface area contributed by atoms with E-state index >= 15 is 0 Å². The third-order valence-corrected chi connectivity index (χ3v) is 0. The average Bonchev–Trinajstić information content (AvgIpc) is 1.46. The van der Waals surface area contributed by atoms with Gasteiger partial charge in [0.2, 0.25) is 0 Å². The fraction of sp³-hybridized carbons (Fsp3) is 0. The Kier molecular flexibility index (Phi) is 354. The molecule has 0 amide bonds. The van der Waals surface area contributed by atoms with Gasteiger partial charge in [-0.2, -0.15) is 0 Å². The molecule has 0 bridgehead atoms. The predicted octanol–water partition coefficient (Wildman–Crippen LogP) is 1.60. The summed E-state index contributed by atoms with van der Waals surface area (Å²) < 4.78 is 0. The summed E-state index contributed by atoms with van der Waals surface area (Å²) in [7, 11) is 0. The summed E-state index contributed by atoms with van der Waals surface area (Å²) in [6.45, 7) is 6.50. The van der Waals surface area contributed by atoms with Crippen LogP contribution in [0.4, 0.5) is 0 Å². The van der Waals surface area contributed by atoms with Crippen LogP contribution in [-0.4, -0.2) is 0 Å². The number of nitrogens with one attached hydrogen (secondary N) is 2. The van der Waals surface area contributed by atoms with Crippen LogP contribution in [-0.2, 0) is 17.1 Å². The first-order chi connectivity index (χ1) is 2.41. The van der Waals surface area contributed by atoms with E-state index in [1.54, 1.807) is 0 Å². The Balaban J connectivity index is -0.0000000275. The monoisotopic (exact) mass is 126 g/mol. The molecule has 3 heteroatoms. The average molecular weight is 126 g/mol. The van der Waals surface area contributed by atoms with Crippen LogP contribution in [0.3, 0.4) is 0 Å². The Morgan fingerprint density at radius 1 is 1.50 bits per heavy atom. The fourth-order valence-corrected chi connectivity index (χ4v) is 0. The topological polar surface area (TPSA) is 47.7 Å². The second-order valence-electron chi connectivity index (χ2n) is 0.289. The minimum atomic E-state index is 0. The summed E-state index contributed by atoms with van der Waals surface area (Å²) in [6, 6.07) is 0. The molecule has 1 radical (unpaired) electrons. The van der Waals surface area contributed by atoms with Crippen molar-refractivity contribution in [3.8, 4) is 0 Å². The maximum Gasteiger partial charge on any atom is 0 e. The third-order valence-electron chi connectivity index (χ3n) is 0. The Morgan fingerprint density at radius 3 is 1.50 bits per heavy atom. The molecular formula is C3H7MnN2-. The van der Waals surface area contributed by atoms with Crippen molar-refractivity contribution >= 4 is 0 Å². The normalized spacial score (nSPS) is 2.67. The van der Waals surface area contributed by atoms with Crippen LogP contribution in [0, 0.1) is 18.0 Å². The van der Waals surface area contributed by atoms with Gasteiger partial charge in [-0.25, -0.2) is 30.6 Å². The largest absolute Gasteiger partial charge is 0.245 e. The molecule has 6 heavy (non-hydrogen) atoms. The maximum absolute atomic E-state index is 5.00.